The summed E-state index contributed by atoms with van der Waals surface area (Å²) in [7, 11) is 0. The lowest BCUT2D eigenvalue weighted by Crippen LogP contribution is -2.29. The average molecular weight is 342 g/mol. The van der Waals surface area contributed by atoms with E-state index in [0.29, 0.717) is 16.6 Å². The summed E-state index contributed by atoms with van der Waals surface area (Å²) in [5.41, 5.74) is 1.74. The third-order valence-corrected chi connectivity index (χ3v) is 3.61. The molecule has 0 saturated heterocycles. The molecule has 0 saturated carbocycles. The van der Waals surface area contributed by atoms with Crippen LogP contribution in [0, 0.1) is 12.3 Å². The predicted molar refractivity (Wildman–Crippen MR) is 94.1 cm³/mol. The summed E-state index contributed by atoms with van der Waals surface area (Å²) in [5.74, 6) is 1.38. The lowest BCUT2D eigenvalue weighted by molar-refractivity contribution is -0.123. The Hall–Kier alpha value is -2.88. The number of hydrogen-bond acceptors (Lipinski definition) is 5. The van der Waals surface area contributed by atoms with E-state index in [1.165, 1.54) is 0 Å². The van der Waals surface area contributed by atoms with Crippen LogP contribution in [0.15, 0.2) is 12.3 Å². The first-order chi connectivity index (χ1) is 11.8. The van der Waals surface area contributed by atoms with Crippen molar-refractivity contribution in [3.63, 3.8) is 0 Å². The number of carbonyl (C=O) groups is 2. The number of esters is 1. The van der Waals surface area contributed by atoms with E-state index < -0.39 is 11.9 Å². The highest BCUT2D eigenvalue weighted by atomic mass is 16.5. The molecule has 7 heteroatoms. The van der Waals surface area contributed by atoms with E-state index >= 15 is 0 Å². The third-order valence-electron chi connectivity index (χ3n) is 3.61. The third kappa shape index (κ3) is 4.15. The van der Waals surface area contributed by atoms with Crippen LogP contribution in [0.1, 0.15) is 55.7 Å². The number of rotatable bonds is 6. The lowest BCUT2D eigenvalue weighted by Gasteiger charge is -2.12. The molecular formula is C18H22N4O3. The summed E-state index contributed by atoms with van der Waals surface area (Å²) < 4.78 is 6.88. The highest BCUT2D eigenvalue weighted by Gasteiger charge is 2.20. The average Bonchev–Trinajstić information content (AvgIpc) is 3.00. The Bertz CT molecular complexity index is 831. The fourth-order valence-electron chi connectivity index (χ4n) is 2.29. The number of amides is 1. The van der Waals surface area contributed by atoms with Crippen molar-refractivity contribution in [3.05, 3.63) is 23.5 Å². The smallest absolute Gasteiger partial charge is 0.339 e. The van der Waals surface area contributed by atoms with Gasteiger partial charge in [0.2, 0.25) is 0 Å². The summed E-state index contributed by atoms with van der Waals surface area (Å²) in [6.45, 7) is 7.67. The first-order valence-corrected chi connectivity index (χ1v) is 8.10. The van der Waals surface area contributed by atoms with E-state index in [0.717, 1.165) is 5.69 Å². The molecule has 7 nitrogen and oxygen atoms in total. The highest BCUT2D eigenvalue weighted by Crippen LogP contribution is 2.24. The van der Waals surface area contributed by atoms with Crippen LogP contribution < -0.4 is 5.32 Å². The van der Waals surface area contributed by atoms with E-state index in [1.54, 1.807) is 16.9 Å². The zero-order valence-corrected chi connectivity index (χ0v) is 14.9. The van der Waals surface area contributed by atoms with Crippen LogP contribution in [0.5, 0.6) is 0 Å². The molecule has 2 aromatic heterocycles. The molecule has 2 heterocycles. The van der Waals surface area contributed by atoms with Crippen molar-refractivity contribution in [1.82, 2.24) is 20.1 Å². The van der Waals surface area contributed by atoms with E-state index in [9.17, 15) is 9.59 Å². The summed E-state index contributed by atoms with van der Waals surface area (Å²) in [5, 5.41) is 7.37. The molecule has 0 aliphatic carbocycles. The first-order valence-electron chi connectivity index (χ1n) is 8.10. The van der Waals surface area contributed by atoms with Crippen molar-refractivity contribution in [1.29, 1.82) is 0 Å². The minimum Gasteiger partial charge on any atom is -0.452 e. The molecule has 0 atom stereocenters. The van der Waals surface area contributed by atoms with Gasteiger partial charge in [0, 0.05) is 11.7 Å². The molecular weight excluding hydrogens is 320 g/mol. The lowest BCUT2D eigenvalue weighted by atomic mass is 10.1. The minimum absolute atomic E-state index is 0.0918. The molecule has 25 heavy (non-hydrogen) atoms. The summed E-state index contributed by atoms with van der Waals surface area (Å²) in [6.07, 6.45) is 6.67. The topological polar surface area (TPSA) is 86.1 Å². The molecule has 1 N–H and O–H groups in total. The van der Waals surface area contributed by atoms with Crippen LogP contribution in [-0.2, 0) is 9.53 Å². The van der Waals surface area contributed by atoms with Gasteiger partial charge in [-0.05, 0) is 25.8 Å². The van der Waals surface area contributed by atoms with Gasteiger partial charge in [0.05, 0.1) is 23.7 Å². The fraction of sp³-hybridized carbons (Fsp3) is 0.444. The van der Waals surface area contributed by atoms with Crippen molar-refractivity contribution < 1.29 is 14.3 Å². The number of fused-ring (bicyclic) bond motifs is 1. The number of nitrogens with zero attached hydrogens (tertiary/aromatic N) is 3. The summed E-state index contributed by atoms with van der Waals surface area (Å²) >= 11 is 0. The number of nitrogens with one attached hydrogen (secondary N) is 1. The zero-order valence-electron chi connectivity index (χ0n) is 14.9. The standard InChI is InChI=1S/C18H22N4O3/c1-6-7-19-16(23)10-25-18(24)13-8-15(11(2)3)21-17-14(13)9-20-22(17)12(4)5/h1,8-9,11-12H,7,10H2,2-5H3,(H,19,23). The molecule has 1 amide bonds. The van der Waals surface area contributed by atoms with E-state index in [4.69, 9.17) is 11.2 Å². The molecule has 0 aromatic carbocycles. The number of carbonyl (C=O) groups excluding carboxylic acids is 2. The van der Waals surface area contributed by atoms with Gasteiger partial charge < -0.3 is 10.1 Å². The molecule has 0 unspecified atom stereocenters. The molecule has 2 rings (SSSR count). The normalized spacial score (nSPS) is 10.9. The summed E-state index contributed by atoms with van der Waals surface area (Å²) in [6, 6.07) is 1.80. The number of aromatic nitrogens is 3. The predicted octanol–water partition coefficient (Wildman–Crippen LogP) is 2.04. The Balaban J connectivity index is 2.34. The largest absolute Gasteiger partial charge is 0.452 e. The SMILES string of the molecule is C#CCNC(=O)COC(=O)c1cc(C(C)C)nc2c1cnn2C(C)C. The number of terminal acetylenes is 1. The van der Waals surface area contributed by atoms with E-state index in [1.807, 2.05) is 27.7 Å². The molecule has 2 aromatic rings. The van der Waals surface area contributed by atoms with Crippen molar-refractivity contribution in [3.8, 4) is 12.3 Å². The molecule has 0 aliphatic heterocycles. The Labute approximate surface area is 146 Å². The first kappa shape index (κ1) is 18.5. The fourth-order valence-corrected chi connectivity index (χ4v) is 2.29. The number of pyridine rings is 1. The number of hydrogen-bond donors (Lipinski definition) is 1. The van der Waals surface area contributed by atoms with Gasteiger partial charge >= 0.3 is 5.97 Å². The van der Waals surface area contributed by atoms with Crippen molar-refractivity contribution in [2.75, 3.05) is 13.2 Å². The maximum atomic E-state index is 12.5. The van der Waals surface area contributed by atoms with Gasteiger partial charge in [-0.3, -0.25) is 4.79 Å². The van der Waals surface area contributed by atoms with Crippen LogP contribution >= 0.6 is 0 Å². The van der Waals surface area contributed by atoms with Gasteiger partial charge in [0.25, 0.3) is 5.91 Å². The van der Waals surface area contributed by atoms with E-state index in [-0.39, 0.29) is 25.1 Å². The highest BCUT2D eigenvalue weighted by molar-refractivity contribution is 6.03. The second kappa shape index (κ2) is 7.79. The molecule has 132 valence electrons. The van der Waals surface area contributed by atoms with Crippen LogP contribution in [0.4, 0.5) is 0 Å². The molecule has 0 spiro atoms. The van der Waals surface area contributed by atoms with Gasteiger partial charge in [-0.1, -0.05) is 19.8 Å². The Morgan fingerprint density at radius 3 is 2.68 bits per heavy atom. The summed E-state index contributed by atoms with van der Waals surface area (Å²) in [4.78, 5) is 28.7. The van der Waals surface area contributed by atoms with Crippen LogP contribution in [-0.4, -0.2) is 39.8 Å². The monoisotopic (exact) mass is 342 g/mol. The van der Waals surface area contributed by atoms with Gasteiger partial charge in [-0.2, -0.15) is 5.10 Å². The molecule has 0 bridgehead atoms. The van der Waals surface area contributed by atoms with Crippen molar-refractivity contribution >= 4 is 22.9 Å². The van der Waals surface area contributed by atoms with Gasteiger partial charge in [-0.25, -0.2) is 14.5 Å². The molecule has 0 aliphatic rings. The quantitative estimate of drug-likeness (QED) is 0.641. The van der Waals surface area contributed by atoms with Gasteiger partial charge in [0.1, 0.15) is 0 Å². The molecule has 0 radical (unpaired) electrons. The second-order valence-corrected chi connectivity index (χ2v) is 6.23. The number of ether oxygens (including phenoxy) is 1. The van der Waals surface area contributed by atoms with E-state index in [2.05, 4.69) is 21.3 Å². The maximum absolute atomic E-state index is 12.5. The van der Waals surface area contributed by atoms with Crippen molar-refractivity contribution in [2.45, 2.75) is 39.7 Å². The zero-order chi connectivity index (χ0) is 18.6. The second-order valence-electron chi connectivity index (χ2n) is 6.23. The Morgan fingerprint density at radius 2 is 2.08 bits per heavy atom. The minimum atomic E-state index is -0.589. The van der Waals surface area contributed by atoms with Crippen LogP contribution in [0.2, 0.25) is 0 Å². The Morgan fingerprint density at radius 1 is 1.36 bits per heavy atom. The maximum Gasteiger partial charge on any atom is 0.339 e. The van der Waals surface area contributed by atoms with Gasteiger partial charge in [-0.15, -0.1) is 6.42 Å². The Kier molecular flexibility index (Phi) is 5.75. The van der Waals surface area contributed by atoms with Crippen LogP contribution in [0.25, 0.3) is 11.0 Å². The van der Waals surface area contributed by atoms with Crippen molar-refractivity contribution in [2.24, 2.45) is 0 Å². The van der Waals surface area contributed by atoms with Gasteiger partial charge in [0.15, 0.2) is 12.3 Å². The van der Waals surface area contributed by atoms with Crippen LogP contribution in [0.3, 0.4) is 0 Å². The molecule has 0 fully saturated rings.